The van der Waals surface area contributed by atoms with E-state index in [0.29, 0.717) is 0 Å². The Hall–Kier alpha value is -1.69. The molecule has 6 nitrogen and oxygen atoms in total. The Kier molecular flexibility index (Phi) is 2.51. The fourth-order valence-electron chi connectivity index (χ4n) is 1.70. The van der Waals surface area contributed by atoms with Gasteiger partial charge >= 0.3 is 5.82 Å². The molecule has 15 heavy (non-hydrogen) atoms. The minimum absolute atomic E-state index is 0.123. The van der Waals surface area contributed by atoms with E-state index in [1.165, 1.54) is 12.3 Å². The van der Waals surface area contributed by atoms with Crippen LogP contribution in [0.3, 0.4) is 0 Å². The molecule has 1 aliphatic rings. The first kappa shape index (κ1) is 9.85. The van der Waals surface area contributed by atoms with Crippen LogP contribution in [0.4, 0.5) is 11.5 Å². The molecule has 0 radical (unpaired) electrons. The average Bonchev–Trinajstić information content (AvgIpc) is 2.65. The molecular formula is C9H12N4O2. The average molecular weight is 208 g/mol. The molecule has 1 aromatic heterocycles. The smallest absolute Gasteiger partial charge is 0.363 e. The van der Waals surface area contributed by atoms with Gasteiger partial charge in [0.15, 0.2) is 6.20 Å². The third-order valence-electron chi connectivity index (χ3n) is 2.51. The van der Waals surface area contributed by atoms with Gasteiger partial charge in [-0.05, 0) is 22.4 Å². The summed E-state index contributed by atoms with van der Waals surface area (Å²) in [5, 5.41) is 10.4. The van der Waals surface area contributed by atoms with Crippen LogP contribution < -0.4 is 10.6 Å². The Bertz CT molecular complexity index is 365. The van der Waals surface area contributed by atoms with E-state index in [9.17, 15) is 10.1 Å². The molecule has 2 rings (SSSR count). The van der Waals surface area contributed by atoms with Crippen molar-refractivity contribution in [2.75, 3.05) is 18.0 Å². The lowest BCUT2D eigenvalue weighted by Gasteiger charge is -2.15. The van der Waals surface area contributed by atoms with Crippen molar-refractivity contribution in [1.82, 2.24) is 4.98 Å². The van der Waals surface area contributed by atoms with Gasteiger partial charge in [-0.2, -0.15) is 0 Å². The highest BCUT2D eigenvalue weighted by atomic mass is 16.6. The highest BCUT2D eigenvalue weighted by molar-refractivity contribution is 5.47. The fourth-order valence-corrected chi connectivity index (χ4v) is 1.70. The maximum Gasteiger partial charge on any atom is 0.363 e. The third kappa shape index (κ3) is 2.04. The largest absolute Gasteiger partial charge is 0.367 e. The summed E-state index contributed by atoms with van der Waals surface area (Å²) in [6, 6.07) is 3.32. The van der Waals surface area contributed by atoms with Crippen molar-refractivity contribution < 1.29 is 4.92 Å². The van der Waals surface area contributed by atoms with Crippen LogP contribution in [0.15, 0.2) is 18.3 Å². The van der Waals surface area contributed by atoms with Crippen molar-refractivity contribution in [2.24, 2.45) is 5.73 Å². The Balaban J connectivity index is 2.13. The predicted octanol–water partition coefficient (Wildman–Crippen LogP) is 0.527. The third-order valence-corrected chi connectivity index (χ3v) is 2.51. The molecule has 1 aliphatic heterocycles. The zero-order valence-corrected chi connectivity index (χ0v) is 8.17. The summed E-state index contributed by atoms with van der Waals surface area (Å²) in [4.78, 5) is 15.7. The summed E-state index contributed by atoms with van der Waals surface area (Å²) in [5.74, 6) is -0.123. The maximum absolute atomic E-state index is 10.4. The zero-order valence-electron chi connectivity index (χ0n) is 8.17. The topological polar surface area (TPSA) is 85.3 Å². The van der Waals surface area contributed by atoms with Gasteiger partial charge in [0.1, 0.15) is 0 Å². The SMILES string of the molecule is N[C@H]1CCN(c2ccc([N+](=O)[O-])nc2)C1. The van der Waals surface area contributed by atoms with Gasteiger partial charge in [0.2, 0.25) is 0 Å². The van der Waals surface area contributed by atoms with Crippen LogP contribution in [0.1, 0.15) is 6.42 Å². The van der Waals surface area contributed by atoms with Gasteiger partial charge in [-0.15, -0.1) is 0 Å². The molecule has 6 heteroatoms. The molecule has 0 unspecified atom stereocenters. The molecular weight excluding hydrogens is 196 g/mol. The second kappa shape index (κ2) is 3.82. The number of anilines is 1. The Morgan fingerprint density at radius 2 is 2.40 bits per heavy atom. The number of pyridine rings is 1. The van der Waals surface area contributed by atoms with Gasteiger partial charge in [0.25, 0.3) is 0 Å². The van der Waals surface area contributed by atoms with Crippen LogP contribution >= 0.6 is 0 Å². The van der Waals surface area contributed by atoms with Crippen molar-refractivity contribution in [3.63, 3.8) is 0 Å². The summed E-state index contributed by atoms with van der Waals surface area (Å²) in [6.07, 6.45) is 2.48. The number of nitro groups is 1. The Labute approximate surface area is 86.9 Å². The molecule has 0 saturated carbocycles. The molecule has 1 fully saturated rings. The molecule has 0 amide bonds. The molecule has 2 heterocycles. The van der Waals surface area contributed by atoms with E-state index in [0.717, 1.165) is 25.2 Å². The van der Waals surface area contributed by atoms with Gasteiger partial charge in [0.05, 0.1) is 5.69 Å². The number of hydrogen-bond donors (Lipinski definition) is 1. The predicted molar refractivity (Wildman–Crippen MR) is 55.7 cm³/mol. The standard InChI is InChI=1S/C9H12N4O2/c10-7-3-4-12(6-7)8-1-2-9(11-5-8)13(14)15/h1-2,5,7H,3-4,6,10H2/t7-/m0/s1. The van der Waals surface area contributed by atoms with E-state index in [-0.39, 0.29) is 11.9 Å². The van der Waals surface area contributed by atoms with E-state index >= 15 is 0 Å². The van der Waals surface area contributed by atoms with Gasteiger partial charge < -0.3 is 20.7 Å². The monoisotopic (exact) mass is 208 g/mol. The zero-order chi connectivity index (χ0) is 10.8. The van der Waals surface area contributed by atoms with Crippen LogP contribution in [0.5, 0.6) is 0 Å². The van der Waals surface area contributed by atoms with Gasteiger partial charge in [0, 0.05) is 25.2 Å². The molecule has 0 spiro atoms. The number of aromatic nitrogens is 1. The summed E-state index contributed by atoms with van der Waals surface area (Å²) in [6.45, 7) is 1.68. The molecule has 0 bridgehead atoms. The van der Waals surface area contributed by atoms with Crippen molar-refractivity contribution >= 4 is 11.5 Å². The Morgan fingerprint density at radius 1 is 1.60 bits per heavy atom. The van der Waals surface area contributed by atoms with Crippen molar-refractivity contribution in [1.29, 1.82) is 0 Å². The van der Waals surface area contributed by atoms with Crippen molar-refractivity contribution in [3.8, 4) is 0 Å². The molecule has 0 aliphatic carbocycles. The first-order valence-electron chi connectivity index (χ1n) is 4.78. The fraction of sp³-hybridized carbons (Fsp3) is 0.444. The van der Waals surface area contributed by atoms with Crippen molar-refractivity contribution in [2.45, 2.75) is 12.5 Å². The normalized spacial score (nSPS) is 20.6. The molecule has 2 N–H and O–H groups in total. The maximum atomic E-state index is 10.4. The lowest BCUT2D eigenvalue weighted by molar-refractivity contribution is -0.389. The molecule has 1 aromatic rings. The summed E-state index contributed by atoms with van der Waals surface area (Å²) in [7, 11) is 0. The van der Waals surface area contributed by atoms with Crippen LogP contribution in [0, 0.1) is 10.1 Å². The summed E-state index contributed by atoms with van der Waals surface area (Å²) < 4.78 is 0. The number of rotatable bonds is 2. The second-order valence-electron chi connectivity index (χ2n) is 3.63. The molecule has 1 atom stereocenters. The minimum atomic E-state index is -0.500. The number of hydrogen-bond acceptors (Lipinski definition) is 5. The number of nitrogens with two attached hydrogens (primary N) is 1. The van der Waals surface area contributed by atoms with E-state index in [4.69, 9.17) is 5.73 Å². The molecule has 1 saturated heterocycles. The second-order valence-corrected chi connectivity index (χ2v) is 3.63. The van der Waals surface area contributed by atoms with E-state index in [1.807, 2.05) is 0 Å². The van der Waals surface area contributed by atoms with Crippen molar-refractivity contribution in [3.05, 3.63) is 28.4 Å². The summed E-state index contributed by atoms with van der Waals surface area (Å²) in [5.41, 5.74) is 6.67. The first-order valence-corrected chi connectivity index (χ1v) is 4.78. The van der Waals surface area contributed by atoms with E-state index < -0.39 is 4.92 Å². The van der Waals surface area contributed by atoms with Crippen LogP contribution in [-0.4, -0.2) is 29.0 Å². The van der Waals surface area contributed by atoms with Gasteiger partial charge in [-0.3, -0.25) is 0 Å². The van der Waals surface area contributed by atoms with Gasteiger partial charge in [-0.1, -0.05) is 0 Å². The lowest BCUT2D eigenvalue weighted by Crippen LogP contribution is -2.26. The molecule has 80 valence electrons. The quantitative estimate of drug-likeness (QED) is 0.566. The lowest BCUT2D eigenvalue weighted by atomic mass is 10.3. The van der Waals surface area contributed by atoms with E-state index in [1.54, 1.807) is 6.07 Å². The molecule has 0 aromatic carbocycles. The van der Waals surface area contributed by atoms with Gasteiger partial charge in [-0.25, -0.2) is 0 Å². The number of nitrogens with zero attached hydrogens (tertiary/aromatic N) is 3. The minimum Gasteiger partial charge on any atom is -0.367 e. The van der Waals surface area contributed by atoms with Crippen LogP contribution in [0.25, 0.3) is 0 Å². The highest BCUT2D eigenvalue weighted by Gasteiger charge is 2.20. The summed E-state index contributed by atoms with van der Waals surface area (Å²) >= 11 is 0. The van der Waals surface area contributed by atoms with E-state index in [2.05, 4.69) is 9.88 Å². The first-order chi connectivity index (χ1) is 7.16. The highest BCUT2D eigenvalue weighted by Crippen LogP contribution is 2.20. The van der Waals surface area contributed by atoms with Crippen LogP contribution in [0.2, 0.25) is 0 Å². The van der Waals surface area contributed by atoms with Crippen LogP contribution in [-0.2, 0) is 0 Å². The Morgan fingerprint density at radius 3 is 2.87 bits per heavy atom.